The number of cyclic esters (lactones) is 1. The van der Waals surface area contributed by atoms with E-state index >= 15 is 0 Å². The van der Waals surface area contributed by atoms with Gasteiger partial charge in [-0.2, -0.15) is 13.2 Å². The van der Waals surface area contributed by atoms with Crippen molar-refractivity contribution in [2.75, 3.05) is 31.6 Å². The lowest BCUT2D eigenvalue weighted by Gasteiger charge is -2.15. The lowest BCUT2D eigenvalue weighted by Crippen LogP contribution is -2.28. The van der Waals surface area contributed by atoms with Crippen LogP contribution in [0, 0.1) is 0 Å². The van der Waals surface area contributed by atoms with Gasteiger partial charge in [-0.05, 0) is 36.7 Å². The van der Waals surface area contributed by atoms with Crippen LogP contribution in [0.15, 0.2) is 53.3 Å². The lowest BCUT2D eigenvalue weighted by molar-refractivity contribution is -0.144. The van der Waals surface area contributed by atoms with Crippen LogP contribution >= 0.6 is 12.4 Å². The van der Waals surface area contributed by atoms with Gasteiger partial charge in [0.05, 0.1) is 18.7 Å². The summed E-state index contributed by atoms with van der Waals surface area (Å²) in [7, 11) is 1.60. The second-order valence-electron chi connectivity index (χ2n) is 7.66. The largest absolute Gasteiger partial charge is 0.461 e. The number of aromatic amines is 1. The summed E-state index contributed by atoms with van der Waals surface area (Å²) >= 11 is 0. The SMILES string of the molecule is CNCC(=O)OCC1CN(c2ccc3cc(-c4ccccc4C(F)(F)F)[nH]c(=O)c3c2)C(=O)O1.Cl. The van der Waals surface area contributed by atoms with Gasteiger partial charge in [-0.3, -0.25) is 14.5 Å². The molecule has 2 N–H and O–H groups in total. The van der Waals surface area contributed by atoms with E-state index < -0.39 is 35.5 Å². The van der Waals surface area contributed by atoms with Gasteiger partial charge in [-0.1, -0.05) is 24.3 Å². The number of benzene rings is 2. The van der Waals surface area contributed by atoms with E-state index in [-0.39, 0.29) is 48.7 Å². The molecule has 4 rings (SSSR count). The average Bonchev–Trinajstić information content (AvgIpc) is 3.17. The number of fused-ring (bicyclic) bond motifs is 1. The van der Waals surface area contributed by atoms with E-state index in [4.69, 9.17) is 9.47 Å². The van der Waals surface area contributed by atoms with E-state index in [0.29, 0.717) is 11.1 Å². The molecule has 8 nitrogen and oxygen atoms in total. The van der Waals surface area contributed by atoms with E-state index in [1.54, 1.807) is 19.2 Å². The lowest BCUT2D eigenvalue weighted by atomic mass is 10.0. The number of nitrogens with zero attached hydrogens (tertiary/aromatic N) is 1. The molecule has 2 aromatic carbocycles. The van der Waals surface area contributed by atoms with Gasteiger partial charge in [-0.25, -0.2) is 4.79 Å². The summed E-state index contributed by atoms with van der Waals surface area (Å²) in [4.78, 5) is 40.3. The van der Waals surface area contributed by atoms with Crippen LogP contribution in [0.3, 0.4) is 0 Å². The molecule has 35 heavy (non-hydrogen) atoms. The molecular formula is C23H21ClF3N3O5. The van der Waals surface area contributed by atoms with Crippen molar-refractivity contribution < 1.29 is 32.2 Å². The van der Waals surface area contributed by atoms with Crippen LogP contribution in [0.5, 0.6) is 0 Å². The highest BCUT2D eigenvalue weighted by Gasteiger charge is 2.34. The van der Waals surface area contributed by atoms with Crippen LogP contribution in [-0.2, 0) is 20.4 Å². The highest BCUT2D eigenvalue weighted by atomic mass is 35.5. The Morgan fingerprint density at radius 1 is 1.20 bits per heavy atom. The molecule has 0 bridgehead atoms. The van der Waals surface area contributed by atoms with Crippen molar-refractivity contribution in [2.45, 2.75) is 12.3 Å². The summed E-state index contributed by atoms with van der Waals surface area (Å²) in [6.45, 7) is 0.0122. The minimum absolute atomic E-state index is 0. The number of amides is 1. The number of hydrogen-bond acceptors (Lipinski definition) is 6. The molecule has 0 radical (unpaired) electrons. The first-order chi connectivity index (χ1) is 16.2. The number of aromatic nitrogens is 1. The first-order valence-corrected chi connectivity index (χ1v) is 10.3. The molecule has 186 valence electrons. The maximum Gasteiger partial charge on any atom is 0.417 e. The maximum absolute atomic E-state index is 13.4. The number of nitrogens with one attached hydrogen (secondary N) is 2. The molecule has 1 atom stereocenters. The van der Waals surface area contributed by atoms with Crippen LogP contribution in [0.2, 0.25) is 0 Å². The average molecular weight is 512 g/mol. The number of H-pyrrole nitrogens is 1. The van der Waals surface area contributed by atoms with Crippen molar-refractivity contribution in [3.05, 3.63) is 64.4 Å². The third-order valence-corrected chi connectivity index (χ3v) is 5.29. The molecule has 1 aliphatic heterocycles. The summed E-state index contributed by atoms with van der Waals surface area (Å²) in [6.07, 6.45) is -5.93. The number of rotatable bonds is 6. The van der Waals surface area contributed by atoms with Crippen molar-refractivity contribution in [2.24, 2.45) is 0 Å². The summed E-state index contributed by atoms with van der Waals surface area (Å²) in [6, 6.07) is 11.0. The van der Waals surface area contributed by atoms with Crippen LogP contribution in [0.4, 0.5) is 23.7 Å². The summed E-state index contributed by atoms with van der Waals surface area (Å²) in [5.41, 5.74) is -1.20. The van der Waals surface area contributed by atoms with Gasteiger partial charge in [0, 0.05) is 22.3 Å². The van der Waals surface area contributed by atoms with E-state index in [0.717, 1.165) is 6.07 Å². The third kappa shape index (κ3) is 5.57. The third-order valence-electron chi connectivity index (χ3n) is 5.29. The number of alkyl halides is 3. The number of anilines is 1. The van der Waals surface area contributed by atoms with Crippen LogP contribution in [-0.4, -0.2) is 49.9 Å². The predicted molar refractivity (Wildman–Crippen MR) is 125 cm³/mol. The summed E-state index contributed by atoms with van der Waals surface area (Å²) < 4.78 is 50.5. The van der Waals surface area contributed by atoms with Crippen LogP contribution in [0.25, 0.3) is 22.0 Å². The van der Waals surface area contributed by atoms with Gasteiger partial charge >= 0.3 is 18.2 Å². The van der Waals surface area contributed by atoms with E-state index in [9.17, 15) is 27.6 Å². The van der Waals surface area contributed by atoms with E-state index in [1.807, 2.05) is 0 Å². The van der Waals surface area contributed by atoms with E-state index in [2.05, 4.69) is 10.3 Å². The number of carbonyl (C=O) groups is 2. The Morgan fingerprint density at radius 3 is 2.66 bits per heavy atom. The second kappa shape index (κ2) is 10.4. The zero-order valence-corrected chi connectivity index (χ0v) is 19.2. The molecule has 1 amide bonds. The quantitative estimate of drug-likeness (QED) is 0.489. The van der Waals surface area contributed by atoms with Gasteiger partial charge in [0.25, 0.3) is 5.56 Å². The fourth-order valence-electron chi connectivity index (χ4n) is 3.73. The molecule has 0 aliphatic carbocycles. The Morgan fingerprint density at radius 2 is 1.94 bits per heavy atom. The van der Waals surface area contributed by atoms with Gasteiger partial charge < -0.3 is 19.8 Å². The molecule has 0 spiro atoms. The molecule has 1 fully saturated rings. The predicted octanol–water partition coefficient (Wildman–Crippen LogP) is 3.72. The number of pyridine rings is 1. The molecule has 1 unspecified atom stereocenters. The number of carbonyl (C=O) groups excluding carboxylic acids is 2. The molecule has 2 heterocycles. The highest BCUT2D eigenvalue weighted by molar-refractivity contribution is 5.94. The number of hydrogen-bond donors (Lipinski definition) is 2. The Balaban J connectivity index is 0.00000342. The number of likely N-dealkylation sites (N-methyl/N-ethyl adjacent to an activating group) is 1. The van der Waals surface area contributed by atoms with Crippen molar-refractivity contribution in [3.63, 3.8) is 0 Å². The Kier molecular flexibility index (Phi) is 7.71. The Bertz CT molecular complexity index is 1310. The molecule has 0 saturated carbocycles. The highest BCUT2D eigenvalue weighted by Crippen LogP contribution is 2.36. The van der Waals surface area contributed by atoms with Crippen LogP contribution in [0.1, 0.15) is 5.56 Å². The Labute approximate surface area is 203 Å². The molecule has 3 aromatic rings. The summed E-state index contributed by atoms with van der Waals surface area (Å²) in [5, 5.41) is 3.26. The molecule has 12 heteroatoms. The van der Waals surface area contributed by atoms with Gasteiger partial charge in [0.1, 0.15) is 6.61 Å². The minimum Gasteiger partial charge on any atom is -0.461 e. The fourth-order valence-corrected chi connectivity index (χ4v) is 3.73. The van der Waals surface area contributed by atoms with Crippen molar-refractivity contribution >= 4 is 40.9 Å². The van der Waals surface area contributed by atoms with E-state index in [1.165, 1.54) is 35.2 Å². The first kappa shape index (κ1) is 26.0. The summed E-state index contributed by atoms with van der Waals surface area (Å²) in [5.74, 6) is -0.489. The first-order valence-electron chi connectivity index (χ1n) is 10.3. The van der Waals surface area contributed by atoms with Crippen molar-refractivity contribution in [3.8, 4) is 11.3 Å². The monoisotopic (exact) mass is 511 g/mol. The molecular weight excluding hydrogens is 491 g/mol. The van der Waals surface area contributed by atoms with Crippen LogP contribution < -0.4 is 15.8 Å². The standard InChI is InChI=1S/C23H20F3N3O5.ClH/c1-27-10-20(30)33-12-15-11-29(22(32)34-15)14-7-6-13-8-19(28-21(31)17(13)9-14)16-4-2-3-5-18(16)23(24,25)26;/h2-9,15,27H,10-12H2,1H3,(H,28,31);1H. The molecule has 1 saturated heterocycles. The van der Waals surface area contributed by atoms with Gasteiger partial charge in [0.2, 0.25) is 0 Å². The fraction of sp³-hybridized carbons (Fsp3) is 0.261. The van der Waals surface area contributed by atoms with Crippen molar-refractivity contribution in [1.82, 2.24) is 10.3 Å². The van der Waals surface area contributed by atoms with Crippen molar-refractivity contribution in [1.29, 1.82) is 0 Å². The minimum atomic E-state index is -4.58. The normalized spacial score (nSPS) is 15.6. The van der Waals surface area contributed by atoms with Gasteiger partial charge in [-0.15, -0.1) is 12.4 Å². The zero-order chi connectivity index (χ0) is 24.5. The molecule has 1 aromatic heterocycles. The smallest absolute Gasteiger partial charge is 0.417 e. The van der Waals surface area contributed by atoms with Gasteiger partial charge in [0.15, 0.2) is 6.10 Å². The second-order valence-corrected chi connectivity index (χ2v) is 7.66. The maximum atomic E-state index is 13.4. The Hall–Kier alpha value is -3.57. The molecule has 1 aliphatic rings. The topological polar surface area (TPSA) is 101 Å². The number of esters is 1. The number of halogens is 4. The number of ether oxygens (including phenoxy) is 2. The zero-order valence-electron chi connectivity index (χ0n) is 18.3.